The van der Waals surface area contributed by atoms with Gasteiger partial charge in [0.2, 0.25) is 5.75 Å². The third-order valence-electron chi connectivity index (χ3n) is 0.916. The summed E-state index contributed by atoms with van der Waals surface area (Å²) in [5.74, 6) is -2.06. The van der Waals surface area contributed by atoms with Gasteiger partial charge in [0, 0.05) is 0 Å². The standard InChI is InChI=1S/C4H5NO4/c6-2-1-5(9)4(8)3(2)7/h1,6-9H. The highest BCUT2D eigenvalue weighted by Gasteiger charge is 2.11. The average Bonchev–Trinajstić information content (AvgIpc) is 1.98. The molecule has 0 aliphatic rings. The van der Waals surface area contributed by atoms with Gasteiger partial charge in [0.05, 0.1) is 6.20 Å². The molecule has 1 aromatic heterocycles. The molecule has 0 bridgehead atoms. The fourth-order valence-electron chi connectivity index (χ4n) is 0.461. The Balaban J connectivity index is 3.29. The molecule has 0 aromatic carbocycles. The van der Waals surface area contributed by atoms with Crippen molar-refractivity contribution in [3.05, 3.63) is 6.20 Å². The van der Waals surface area contributed by atoms with Gasteiger partial charge >= 0.3 is 0 Å². The van der Waals surface area contributed by atoms with E-state index in [0.717, 1.165) is 6.20 Å². The molecule has 9 heavy (non-hydrogen) atoms. The minimum absolute atomic E-state index is 0.213. The quantitative estimate of drug-likeness (QED) is 0.368. The zero-order valence-corrected chi connectivity index (χ0v) is 4.31. The molecule has 4 N–H and O–H groups in total. The van der Waals surface area contributed by atoms with Crippen molar-refractivity contribution < 1.29 is 20.5 Å². The summed E-state index contributed by atoms with van der Waals surface area (Å²) in [5.41, 5.74) is 0. The first-order valence-electron chi connectivity index (χ1n) is 2.14. The highest BCUT2D eigenvalue weighted by atomic mass is 16.5. The Kier molecular flexibility index (Phi) is 0.921. The monoisotopic (exact) mass is 131 g/mol. The Hall–Kier alpha value is -1.52. The van der Waals surface area contributed by atoms with E-state index in [0.29, 0.717) is 0 Å². The first-order chi connectivity index (χ1) is 4.13. The molecule has 0 aliphatic heterocycles. The van der Waals surface area contributed by atoms with Gasteiger partial charge in [0.15, 0.2) is 5.75 Å². The lowest BCUT2D eigenvalue weighted by atomic mass is 10.5. The molecule has 0 spiro atoms. The normalized spacial score (nSPS) is 9.78. The Morgan fingerprint density at radius 3 is 1.89 bits per heavy atom. The molecule has 1 aromatic rings. The zero-order chi connectivity index (χ0) is 7.02. The van der Waals surface area contributed by atoms with E-state index in [1.165, 1.54) is 0 Å². The maximum absolute atomic E-state index is 8.55. The fraction of sp³-hybridized carbons (Fsp3) is 0. The molecule has 5 heteroatoms. The van der Waals surface area contributed by atoms with Crippen LogP contribution in [-0.4, -0.2) is 25.3 Å². The molecule has 0 fully saturated rings. The first kappa shape index (κ1) is 5.61. The van der Waals surface area contributed by atoms with Crippen LogP contribution in [0, 0.1) is 0 Å². The van der Waals surface area contributed by atoms with Gasteiger partial charge in [0.25, 0.3) is 5.88 Å². The molecule has 0 aliphatic carbocycles. The molecule has 0 atom stereocenters. The summed E-state index contributed by atoms with van der Waals surface area (Å²) in [6, 6.07) is 0. The summed E-state index contributed by atoms with van der Waals surface area (Å²) in [6.45, 7) is 0. The van der Waals surface area contributed by atoms with Crippen LogP contribution in [0.5, 0.6) is 17.4 Å². The van der Waals surface area contributed by atoms with Crippen molar-refractivity contribution in [3.63, 3.8) is 0 Å². The number of rotatable bonds is 0. The van der Waals surface area contributed by atoms with E-state index in [9.17, 15) is 0 Å². The molecule has 0 radical (unpaired) electrons. The van der Waals surface area contributed by atoms with Gasteiger partial charge in [-0.05, 0) is 0 Å². The van der Waals surface area contributed by atoms with E-state index in [2.05, 4.69) is 0 Å². The molecular weight excluding hydrogens is 126 g/mol. The summed E-state index contributed by atoms with van der Waals surface area (Å²) < 4.78 is 0.213. The van der Waals surface area contributed by atoms with E-state index >= 15 is 0 Å². The molecule has 0 saturated carbocycles. The molecule has 50 valence electrons. The SMILES string of the molecule is Oc1cn(O)c(O)c1O. The molecule has 0 amide bonds. The second kappa shape index (κ2) is 1.48. The molecule has 1 heterocycles. The topological polar surface area (TPSA) is 85.9 Å². The third kappa shape index (κ3) is 0.620. The first-order valence-corrected chi connectivity index (χ1v) is 2.14. The number of hydrogen-bond donors (Lipinski definition) is 4. The summed E-state index contributed by atoms with van der Waals surface area (Å²) >= 11 is 0. The largest absolute Gasteiger partial charge is 0.503 e. The highest BCUT2D eigenvalue weighted by molar-refractivity contribution is 5.44. The van der Waals surface area contributed by atoms with Gasteiger partial charge in [0.1, 0.15) is 0 Å². The number of aromatic nitrogens is 1. The van der Waals surface area contributed by atoms with Crippen molar-refractivity contribution in [1.29, 1.82) is 0 Å². The second-order valence-corrected chi connectivity index (χ2v) is 1.53. The predicted octanol–water partition coefficient (Wildman–Crippen LogP) is -0.158. The van der Waals surface area contributed by atoms with E-state index in [1.54, 1.807) is 0 Å². The Morgan fingerprint density at radius 2 is 1.78 bits per heavy atom. The summed E-state index contributed by atoms with van der Waals surface area (Å²) in [5, 5.41) is 34.1. The van der Waals surface area contributed by atoms with E-state index < -0.39 is 17.4 Å². The molecule has 0 unspecified atom stereocenters. The van der Waals surface area contributed by atoms with E-state index in [-0.39, 0.29) is 4.73 Å². The molecule has 0 saturated heterocycles. The lowest BCUT2D eigenvalue weighted by Gasteiger charge is -1.88. The van der Waals surface area contributed by atoms with Crippen LogP contribution in [0.25, 0.3) is 0 Å². The number of nitrogens with zero attached hydrogens (tertiary/aromatic N) is 1. The van der Waals surface area contributed by atoms with Crippen LogP contribution >= 0.6 is 0 Å². The zero-order valence-electron chi connectivity index (χ0n) is 4.31. The fourth-order valence-corrected chi connectivity index (χ4v) is 0.461. The van der Waals surface area contributed by atoms with Gasteiger partial charge in [-0.25, -0.2) is 0 Å². The molecule has 5 nitrogen and oxygen atoms in total. The Morgan fingerprint density at radius 1 is 1.22 bits per heavy atom. The summed E-state index contributed by atoms with van der Waals surface area (Å²) in [7, 11) is 0. The minimum Gasteiger partial charge on any atom is -0.503 e. The van der Waals surface area contributed by atoms with Crippen LogP contribution in [0.4, 0.5) is 0 Å². The van der Waals surface area contributed by atoms with Gasteiger partial charge in [-0.3, -0.25) is 0 Å². The summed E-state index contributed by atoms with van der Waals surface area (Å²) in [4.78, 5) is 0. The van der Waals surface area contributed by atoms with Crippen molar-refractivity contribution in [2.24, 2.45) is 0 Å². The van der Waals surface area contributed by atoms with Crippen LogP contribution < -0.4 is 0 Å². The summed E-state index contributed by atoms with van der Waals surface area (Å²) in [6.07, 6.45) is 0.769. The maximum Gasteiger partial charge on any atom is 0.272 e. The predicted molar refractivity (Wildman–Crippen MR) is 26.6 cm³/mol. The highest BCUT2D eigenvalue weighted by Crippen LogP contribution is 2.34. The van der Waals surface area contributed by atoms with Crippen LogP contribution in [-0.2, 0) is 0 Å². The van der Waals surface area contributed by atoms with Gasteiger partial charge < -0.3 is 20.5 Å². The molecular formula is C4H5NO4. The minimum atomic E-state index is -0.771. The van der Waals surface area contributed by atoms with Crippen LogP contribution in [0.2, 0.25) is 0 Å². The van der Waals surface area contributed by atoms with Gasteiger partial charge in [-0.2, -0.15) is 4.73 Å². The van der Waals surface area contributed by atoms with Gasteiger partial charge in [-0.15, -0.1) is 0 Å². The number of hydrogen-bond acceptors (Lipinski definition) is 4. The average molecular weight is 131 g/mol. The smallest absolute Gasteiger partial charge is 0.272 e. The van der Waals surface area contributed by atoms with Crippen molar-refractivity contribution in [2.75, 3.05) is 0 Å². The van der Waals surface area contributed by atoms with Crippen molar-refractivity contribution in [1.82, 2.24) is 4.73 Å². The lowest BCUT2D eigenvalue weighted by Crippen LogP contribution is -1.82. The van der Waals surface area contributed by atoms with Crippen LogP contribution in [0.1, 0.15) is 0 Å². The van der Waals surface area contributed by atoms with Crippen LogP contribution in [0.3, 0.4) is 0 Å². The van der Waals surface area contributed by atoms with Crippen molar-refractivity contribution in [3.8, 4) is 17.4 Å². The maximum atomic E-state index is 8.55. The van der Waals surface area contributed by atoms with Gasteiger partial charge in [-0.1, -0.05) is 0 Å². The third-order valence-corrected chi connectivity index (χ3v) is 0.916. The van der Waals surface area contributed by atoms with Crippen molar-refractivity contribution in [2.45, 2.75) is 0 Å². The number of aromatic hydroxyl groups is 3. The lowest BCUT2D eigenvalue weighted by molar-refractivity contribution is 0.152. The van der Waals surface area contributed by atoms with Crippen molar-refractivity contribution >= 4 is 0 Å². The Labute approximate surface area is 50.0 Å². The van der Waals surface area contributed by atoms with E-state index in [4.69, 9.17) is 20.5 Å². The second-order valence-electron chi connectivity index (χ2n) is 1.53. The molecule has 1 rings (SSSR count). The Bertz CT molecular complexity index is 206. The van der Waals surface area contributed by atoms with E-state index in [1.807, 2.05) is 0 Å². The van der Waals surface area contributed by atoms with Crippen LogP contribution in [0.15, 0.2) is 6.20 Å².